The molecule has 0 saturated carbocycles. The number of halogens is 1. The Morgan fingerprint density at radius 2 is 1.52 bits per heavy atom. The van der Waals surface area contributed by atoms with Crippen LogP contribution in [0, 0.1) is 18.8 Å². The van der Waals surface area contributed by atoms with Crippen LogP contribution in [0.3, 0.4) is 0 Å². The molecule has 0 N–H and O–H groups in total. The van der Waals surface area contributed by atoms with Crippen LogP contribution in [0.4, 0.5) is 5.69 Å². The van der Waals surface area contributed by atoms with Crippen LogP contribution < -0.4 is 4.90 Å². The summed E-state index contributed by atoms with van der Waals surface area (Å²) in [5.74, 6) is -2.26. The summed E-state index contributed by atoms with van der Waals surface area (Å²) < 4.78 is 0. The van der Waals surface area contributed by atoms with Gasteiger partial charge in [-0.1, -0.05) is 66.2 Å². The van der Waals surface area contributed by atoms with Gasteiger partial charge in [0, 0.05) is 10.9 Å². The van der Waals surface area contributed by atoms with E-state index in [0.717, 1.165) is 34.1 Å². The number of hydrogen-bond donors (Lipinski definition) is 0. The maximum Gasteiger partial charge on any atom is 0.239 e. The average molecular weight is 428 g/mol. The number of amides is 2. The van der Waals surface area contributed by atoms with Crippen molar-refractivity contribution >= 4 is 35.4 Å². The van der Waals surface area contributed by atoms with E-state index < -0.39 is 17.3 Å². The van der Waals surface area contributed by atoms with Gasteiger partial charge in [-0.15, -0.1) is 0 Å². The van der Waals surface area contributed by atoms with Gasteiger partial charge in [0.25, 0.3) is 0 Å². The minimum absolute atomic E-state index is 0.262. The highest BCUT2D eigenvalue weighted by molar-refractivity contribution is 6.32. The van der Waals surface area contributed by atoms with Gasteiger partial charge in [0.15, 0.2) is 0 Å². The second-order valence-electron chi connectivity index (χ2n) is 8.59. The molecule has 1 saturated heterocycles. The highest BCUT2D eigenvalue weighted by Gasteiger charge is 2.68. The zero-order valence-corrected chi connectivity index (χ0v) is 17.5. The largest absolute Gasteiger partial charge is 0.302 e. The molecule has 4 aliphatic rings. The molecule has 0 aromatic heterocycles. The lowest BCUT2D eigenvalue weighted by Gasteiger charge is -2.51. The van der Waals surface area contributed by atoms with Gasteiger partial charge < -0.3 is 4.79 Å². The number of nitrogens with zero attached hydrogens (tertiary/aromatic N) is 1. The Bertz CT molecular complexity index is 1270. The number of carbonyl (C=O) groups is 3. The molecule has 0 spiro atoms. The van der Waals surface area contributed by atoms with E-state index in [0.29, 0.717) is 10.7 Å². The molecule has 3 aromatic carbocycles. The van der Waals surface area contributed by atoms with Gasteiger partial charge in [-0.3, -0.25) is 9.59 Å². The monoisotopic (exact) mass is 427 g/mol. The number of carbonyl (C=O) groups excluding carboxylic acids is 3. The first kappa shape index (κ1) is 18.5. The van der Waals surface area contributed by atoms with Crippen molar-refractivity contribution < 1.29 is 14.4 Å². The summed E-state index contributed by atoms with van der Waals surface area (Å²) in [4.78, 5) is 41.7. The van der Waals surface area contributed by atoms with Crippen molar-refractivity contribution in [2.24, 2.45) is 11.8 Å². The summed E-state index contributed by atoms with van der Waals surface area (Å²) in [5, 5.41) is 0.493. The number of aryl methyl sites for hydroxylation is 1. The van der Waals surface area contributed by atoms with E-state index in [-0.39, 0.29) is 17.7 Å². The first-order valence-electron chi connectivity index (χ1n) is 10.3. The normalized spacial score (nSPS) is 27.7. The van der Waals surface area contributed by atoms with Crippen LogP contribution in [-0.4, -0.2) is 18.1 Å². The summed E-state index contributed by atoms with van der Waals surface area (Å²) in [7, 11) is 0. The van der Waals surface area contributed by atoms with Gasteiger partial charge in [-0.2, -0.15) is 0 Å². The Kier molecular flexibility index (Phi) is 3.67. The van der Waals surface area contributed by atoms with Crippen molar-refractivity contribution in [3.05, 3.63) is 99.6 Å². The van der Waals surface area contributed by atoms with Gasteiger partial charge in [0.05, 0.1) is 22.9 Å². The Morgan fingerprint density at radius 3 is 2.10 bits per heavy atom. The lowest BCUT2D eigenvalue weighted by Crippen LogP contribution is -2.54. The number of benzene rings is 3. The van der Waals surface area contributed by atoms with Crippen LogP contribution in [0.2, 0.25) is 5.02 Å². The fraction of sp³-hybridized carbons (Fsp3) is 0.192. The molecule has 31 heavy (non-hydrogen) atoms. The predicted molar refractivity (Wildman–Crippen MR) is 117 cm³/mol. The second-order valence-corrected chi connectivity index (χ2v) is 9.00. The van der Waals surface area contributed by atoms with Crippen molar-refractivity contribution in [3.63, 3.8) is 0 Å². The average Bonchev–Trinajstić information content (AvgIpc) is 3.07. The third-order valence-electron chi connectivity index (χ3n) is 7.28. The number of anilines is 1. The maximum absolute atomic E-state index is 13.8. The third kappa shape index (κ3) is 2.08. The van der Waals surface area contributed by atoms with Crippen molar-refractivity contribution in [2.75, 3.05) is 4.90 Å². The van der Waals surface area contributed by atoms with Crippen LogP contribution in [0.5, 0.6) is 0 Å². The molecule has 2 bridgehead atoms. The molecule has 5 heteroatoms. The van der Waals surface area contributed by atoms with Crippen molar-refractivity contribution in [1.29, 1.82) is 0 Å². The fourth-order valence-corrected chi connectivity index (χ4v) is 6.18. The highest BCUT2D eigenvalue weighted by atomic mass is 35.5. The predicted octanol–water partition coefficient (Wildman–Crippen LogP) is 4.40. The summed E-state index contributed by atoms with van der Waals surface area (Å²) in [6.07, 6.45) is 0.883. The van der Waals surface area contributed by atoms with E-state index in [2.05, 4.69) is 0 Å². The smallest absolute Gasteiger partial charge is 0.239 e. The second kappa shape index (κ2) is 6.14. The molecule has 0 unspecified atom stereocenters. The quantitative estimate of drug-likeness (QED) is 0.450. The van der Waals surface area contributed by atoms with Gasteiger partial charge in [-0.05, 0) is 46.9 Å². The molecule has 1 fully saturated rings. The molecule has 2 atom stereocenters. The minimum atomic E-state index is -1.18. The highest BCUT2D eigenvalue weighted by Crippen LogP contribution is 2.63. The molecular weight excluding hydrogens is 410 g/mol. The van der Waals surface area contributed by atoms with Crippen molar-refractivity contribution in [2.45, 2.75) is 18.3 Å². The minimum Gasteiger partial charge on any atom is -0.302 e. The standard InChI is InChI=1S/C26H18ClNO3/c1-14-10-11-15(12-20(14)27)28-24(30)22-21-16-6-2-4-8-18(16)26(13-29,23(22)25(28)31)19-9-5-3-7-17(19)21/h2-13,21-23H,1H3/t21?,22-,23-,26?/m1/s1. The molecule has 2 amide bonds. The number of rotatable bonds is 2. The molecule has 1 aliphatic heterocycles. The SMILES string of the molecule is Cc1ccc(N2C(=O)[C@@H]3C4c5ccccc5C(C=O)(c5ccccc54)[C@H]3C2=O)cc1Cl. The van der Waals surface area contributed by atoms with Crippen molar-refractivity contribution in [1.82, 2.24) is 0 Å². The van der Waals surface area contributed by atoms with Crippen LogP contribution >= 0.6 is 11.6 Å². The van der Waals surface area contributed by atoms with Gasteiger partial charge in [0.2, 0.25) is 11.8 Å². The van der Waals surface area contributed by atoms with Gasteiger partial charge in [0.1, 0.15) is 6.29 Å². The lowest BCUT2D eigenvalue weighted by molar-refractivity contribution is -0.128. The van der Waals surface area contributed by atoms with E-state index in [4.69, 9.17) is 11.6 Å². The van der Waals surface area contributed by atoms with E-state index in [1.54, 1.807) is 18.2 Å². The molecule has 152 valence electrons. The number of imide groups is 1. The molecule has 3 aromatic rings. The van der Waals surface area contributed by atoms with Crippen molar-refractivity contribution in [3.8, 4) is 0 Å². The zero-order valence-electron chi connectivity index (χ0n) is 16.7. The first-order valence-corrected chi connectivity index (χ1v) is 10.7. The van der Waals surface area contributed by atoms with Gasteiger partial charge in [-0.25, -0.2) is 4.90 Å². The van der Waals surface area contributed by atoms with Crippen LogP contribution in [0.1, 0.15) is 33.7 Å². The maximum atomic E-state index is 13.8. The van der Waals surface area contributed by atoms with E-state index >= 15 is 0 Å². The Morgan fingerprint density at radius 1 is 0.903 bits per heavy atom. The number of hydrogen-bond acceptors (Lipinski definition) is 3. The Balaban J connectivity index is 1.63. The van der Waals surface area contributed by atoms with Gasteiger partial charge >= 0.3 is 0 Å². The van der Waals surface area contributed by atoms with E-state index in [9.17, 15) is 14.4 Å². The summed E-state index contributed by atoms with van der Waals surface area (Å²) in [6, 6.07) is 20.6. The molecule has 4 nitrogen and oxygen atoms in total. The van der Waals surface area contributed by atoms with Crippen LogP contribution in [-0.2, 0) is 19.8 Å². The zero-order chi connectivity index (χ0) is 21.5. The third-order valence-corrected chi connectivity index (χ3v) is 7.69. The van der Waals surface area contributed by atoms with E-state index in [1.165, 1.54) is 4.90 Å². The van der Waals surface area contributed by atoms with Crippen LogP contribution in [0.25, 0.3) is 0 Å². The lowest BCUT2D eigenvalue weighted by atomic mass is 9.48. The molecular formula is C26H18ClNO3. The summed E-state index contributed by atoms with van der Waals surface area (Å²) >= 11 is 6.31. The first-order chi connectivity index (χ1) is 15.0. The molecule has 1 heterocycles. The Labute approximate surface area is 184 Å². The number of aldehydes is 1. The topological polar surface area (TPSA) is 54.5 Å². The Hall–Kier alpha value is -3.24. The fourth-order valence-electron chi connectivity index (χ4n) is 6.01. The molecule has 3 aliphatic carbocycles. The summed E-state index contributed by atoms with van der Waals surface area (Å²) in [5.41, 5.74) is 3.72. The van der Waals surface area contributed by atoms with Crippen LogP contribution in [0.15, 0.2) is 66.7 Å². The molecule has 0 radical (unpaired) electrons. The summed E-state index contributed by atoms with van der Waals surface area (Å²) in [6.45, 7) is 1.87. The molecule has 7 rings (SSSR count). The van der Waals surface area contributed by atoms with E-state index in [1.807, 2.05) is 55.5 Å².